The standard InChI is InChI=1S/C14H12N2O/c1-2-16-9-15-13-8-11-6-4-3-5-10(11)7-12(13)14(16)17/h3-9H,2H2,1H3. The van der Waals surface area contributed by atoms with E-state index in [2.05, 4.69) is 4.98 Å². The second-order valence-corrected chi connectivity index (χ2v) is 4.05. The summed E-state index contributed by atoms with van der Waals surface area (Å²) in [6.45, 7) is 2.59. The van der Waals surface area contributed by atoms with Gasteiger partial charge in [0, 0.05) is 6.54 Å². The number of fused-ring (bicyclic) bond motifs is 2. The van der Waals surface area contributed by atoms with Crippen LogP contribution in [0.3, 0.4) is 0 Å². The third kappa shape index (κ3) is 1.51. The van der Waals surface area contributed by atoms with Gasteiger partial charge in [-0.3, -0.25) is 9.36 Å². The summed E-state index contributed by atoms with van der Waals surface area (Å²) < 4.78 is 1.62. The molecule has 2 aromatic carbocycles. The molecule has 0 aliphatic carbocycles. The minimum Gasteiger partial charge on any atom is -0.299 e. The van der Waals surface area contributed by atoms with Gasteiger partial charge >= 0.3 is 0 Å². The average molecular weight is 224 g/mol. The Morgan fingerprint density at radius 3 is 2.59 bits per heavy atom. The van der Waals surface area contributed by atoms with Gasteiger partial charge in [-0.15, -0.1) is 0 Å². The molecule has 0 radical (unpaired) electrons. The Labute approximate surface area is 98.3 Å². The molecule has 17 heavy (non-hydrogen) atoms. The molecule has 3 nitrogen and oxygen atoms in total. The molecule has 0 saturated carbocycles. The van der Waals surface area contributed by atoms with E-state index in [0.717, 1.165) is 16.3 Å². The van der Waals surface area contributed by atoms with Crippen LogP contribution in [0.4, 0.5) is 0 Å². The Kier molecular flexibility index (Phi) is 2.18. The van der Waals surface area contributed by atoms with Crippen LogP contribution in [0.1, 0.15) is 6.92 Å². The van der Waals surface area contributed by atoms with Crippen molar-refractivity contribution >= 4 is 21.7 Å². The summed E-state index contributed by atoms with van der Waals surface area (Å²) in [6, 6.07) is 11.9. The molecule has 0 aliphatic rings. The van der Waals surface area contributed by atoms with Gasteiger partial charge in [0.25, 0.3) is 5.56 Å². The largest absolute Gasteiger partial charge is 0.299 e. The van der Waals surface area contributed by atoms with Crippen LogP contribution in [0.5, 0.6) is 0 Å². The highest BCUT2D eigenvalue weighted by atomic mass is 16.1. The summed E-state index contributed by atoms with van der Waals surface area (Å²) >= 11 is 0. The lowest BCUT2D eigenvalue weighted by molar-refractivity contribution is 0.717. The summed E-state index contributed by atoms with van der Waals surface area (Å²) in [7, 11) is 0. The summed E-state index contributed by atoms with van der Waals surface area (Å²) in [6.07, 6.45) is 1.61. The van der Waals surface area contributed by atoms with Crippen molar-refractivity contribution in [3.8, 4) is 0 Å². The van der Waals surface area contributed by atoms with Crippen LogP contribution in [0, 0.1) is 0 Å². The number of hydrogen-bond donors (Lipinski definition) is 0. The number of nitrogens with zero attached hydrogens (tertiary/aromatic N) is 2. The van der Waals surface area contributed by atoms with Crippen LogP contribution >= 0.6 is 0 Å². The third-order valence-corrected chi connectivity index (χ3v) is 3.03. The number of hydrogen-bond acceptors (Lipinski definition) is 2. The van der Waals surface area contributed by atoms with Gasteiger partial charge in [-0.2, -0.15) is 0 Å². The zero-order chi connectivity index (χ0) is 11.8. The maximum absolute atomic E-state index is 12.1. The summed E-state index contributed by atoms with van der Waals surface area (Å²) in [5.41, 5.74) is 0.793. The van der Waals surface area contributed by atoms with Gasteiger partial charge in [0.2, 0.25) is 0 Å². The Bertz CT molecular complexity index is 759. The Balaban J connectivity index is 2.48. The zero-order valence-electron chi connectivity index (χ0n) is 9.55. The monoisotopic (exact) mass is 224 g/mol. The van der Waals surface area contributed by atoms with Gasteiger partial charge < -0.3 is 0 Å². The molecule has 0 bridgehead atoms. The molecular formula is C14H12N2O. The molecule has 0 atom stereocenters. The number of benzene rings is 2. The Morgan fingerprint density at radius 1 is 1.18 bits per heavy atom. The van der Waals surface area contributed by atoms with E-state index in [9.17, 15) is 4.79 Å². The molecule has 0 spiro atoms. The van der Waals surface area contributed by atoms with Crippen molar-refractivity contribution in [2.24, 2.45) is 0 Å². The molecule has 3 aromatic rings. The van der Waals surface area contributed by atoms with Crippen LogP contribution in [-0.2, 0) is 6.54 Å². The molecule has 0 aliphatic heterocycles. The predicted octanol–water partition coefficient (Wildman–Crippen LogP) is 2.57. The minimum atomic E-state index is 0.0308. The molecule has 0 fully saturated rings. The molecule has 84 valence electrons. The molecule has 1 heterocycles. The Morgan fingerprint density at radius 2 is 1.88 bits per heavy atom. The first-order chi connectivity index (χ1) is 8.29. The predicted molar refractivity (Wildman–Crippen MR) is 69.2 cm³/mol. The first-order valence-corrected chi connectivity index (χ1v) is 5.67. The third-order valence-electron chi connectivity index (χ3n) is 3.03. The zero-order valence-corrected chi connectivity index (χ0v) is 9.55. The fourth-order valence-electron chi connectivity index (χ4n) is 2.07. The van der Waals surface area contributed by atoms with Crippen molar-refractivity contribution < 1.29 is 0 Å². The smallest absolute Gasteiger partial charge is 0.261 e. The summed E-state index contributed by atoms with van der Waals surface area (Å²) in [5.74, 6) is 0. The van der Waals surface area contributed by atoms with Gasteiger partial charge in [0.15, 0.2) is 0 Å². The van der Waals surface area contributed by atoms with Crippen molar-refractivity contribution in [3.63, 3.8) is 0 Å². The second kappa shape index (κ2) is 3.70. The lowest BCUT2D eigenvalue weighted by atomic mass is 10.1. The molecule has 3 heteroatoms. The highest BCUT2D eigenvalue weighted by Gasteiger charge is 2.04. The maximum atomic E-state index is 12.1. The highest BCUT2D eigenvalue weighted by Crippen LogP contribution is 2.18. The number of aryl methyl sites for hydroxylation is 1. The van der Waals surface area contributed by atoms with Gasteiger partial charge in [0.05, 0.1) is 17.2 Å². The number of aromatic nitrogens is 2. The fourth-order valence-corrected chi connectivity index (χ4v) is 2.07. The van der Waals surface area contributed by atoms with Gasteiger partial charge in [-0.25, -0.2) is 4.98 Å². The average Bonchev–Trinajstić information content (AvgIpc) is 2.37. The van der Waals surface area contributed by atoms with E-state index in [1.807, 2.05) is 43.3 Å². The molecule has 0 saturated heterocycles. The van der Waals surface area contributed by atoms with Crippen LogP contribution in [-0.4, -0.2) is 9.55 Å². The Hall–Kier alpha value is -2.16. The summed E-state index contributed by atoms with van der Waals surface area (Å²) in [4.78, 5) is 16.5. The van der Waals surface area contributed by atoms with E-state index < -0.39 is 0 Å². The van der Waals surface area contributed by atoms with Crippen molar-refractivity contribution in [3.05, 3.63) is 53.1 Å². The first-order valence-electron chi connectivity index (χ1n) is 5.67. The lowest BCUT2D eigenvalue weighted by Gasteiger charge is -2.04. The quantitative estimate of drug-likeness (QED) is 0.595. The first kappa shape index (κ1) is 10.0. The van der Waals surface area contributed by atoms with Crippen molar-refractivity contribution in [2.45, 2.75) is 13.5 Å². The van der Waals surface area contributed by atoms with Crippen LogP contribution < -0.4 is 5.56 Å². The molecule has 0 amide bonds. The fraction of sp³-hybridized carbons (Fsp3) is 0.143. The van der Waals surface area contributed by atoms with Crippen LogP contribution in [0.15, 0.2) is 47.5 Å². The minimum absolute atomic E-state index is 0.0308. The van der Waals surface area contributed by atoms with E-state index in [0.29, 0.717) is 11.9 Å². The highest BCUT2D eigenvalue weighted by molar-refractivity contribution is 5.95. The van der Waals surface area contributed by atoms with E-state index in [1.165, 1.54) is 0 Å². The van der Waals surface area contributed by atoms with E-state index >= 15 is 0 Å². The molecular weight excluding hydrogens is 212 g/mol. The van der Waals surface area contributed by atoms with Crippen molar-refractivity contribution in [1.29, 1.82) is 0 Å². The lowest BCUT2D eigenvalue weighted by Crippen LogP contribution is -2.19. The molecule has 1 aromatic heterocycles. The van der Waals surface area contributed by atoms with Gasteiger partial charge in [-0.05, 0) is 29.8 Å². The van der Waals surface area contributed by atoms with E-state index in [-0.39, 0.29) is 5.56 Å². The maximum Gasteiger partial charge on any atom is 0.261 e. The normalized spacial score (nSPS) is 11.1. The van der Waals surface area contributed by atoms with Gasteiger partial charge in [0.1, 0.15) is 0 Å². The summed E-state index contributed by atoms with van der Waals surface area (Å²) in [5, 5.41) is 2.88. The van der Waals surface area contributed by atoms with Gasteiger partial charge in [-0.1, -0.05) is 24.3 Å². The SMILES string of the molecule is CCn1cnc2cc3ccccc3cc2c1=O. The van der Waals surface area contributed by atoms with Crippen molar-refractivity contribution in [1.82, 2.24) is 9.55 Å². The molecule has 0 unspecified atom stereocenters. The van der Waals surface area contributed by atoms with Crippen LogP contribution in [0.25, 0.3) is 21.7 Å². The molecule has 0 N–H and O–H groups in total. The number of rotatable bonds is 1. The van der Waals surface area contributed by atoms with Crippen molar-refractivity contribution in [2.75, 3.05) is 0 Å². The van der Waals surface area contributed by atoms with E-state index in [1.54, 1.807) is 10.9 Å². The van der Waals surface area contributed by atoms with Crippen LogP contribution in [0.2, 0.25) is 0 Å². The second-order valence-electron chi connectivity index (χ2n) is 4.05. The topological polar surface area (TPSA) is 34.9 Å². The van der Waals surface area contributed by atoms with E-state index in [4.69, 9.17) is 0 Å². The molecule has 3 rings (SSSR count).